The van der Waals surface area contributed by atoms with Crippen LogP contribution in [0.1, 0.15) is 33.3 Å². The van der Waals surface area contributed by atoms with Crippen molar-refractivity contribution in [1.29, 1.82) is 0 Å². The molecule has 0 radical (unpaired) electrons. The first-order valence-corrected chi connectivity index (χ1v) is 13.4. The third kappa shape index (κ3) is 4.68. The fourth-order valence-corrected chi connectivity index (χ4v) is 5.68. The minimum atomic E-state index is -4.00. The van der Waals surface area contributed by atoms with E-state index < -0.39 is 28.3 Å². The van der Waals surface area contributed by atoms with E-state index in [0.717, 1.165) is 16.2 Å². The number of phenols is 1. The molecule has 1 aliphatic rings. The molecule has 0 amide bonds. The van der Waals surface area contributed by atoms with Gasteiger partial charge < -0.3 is 14.4 Å². The Balaban J connectivity index is 1.55. The molecule has 1 aliphatic heterocycles. The van der Waals surface area contributed by atoms with Gasteiger partial charge in [-0.25, -0.2) is 22.7 Å². The summed E-state index contributed by atoms with van der Waals surface area (Å²) >= 11 is 0. The van der Waals surface area contributed by atoms with E-state index in [1.807, 2.05) is 45.9 Å². The predicted octanol–water partition coefficient (Wildman–Crippen LogP) is 4.03. The molecule has 0 atom stereocenters. The summed E-state index contributed by atoms with van der Waals surface area (Å²) < 4.78 is 41.6. The van der Waals surface area contributed by atoms with E-state index in [1.54, 1.807) is 36.4 Å². The van der Waals surface area contributed by atoms with Crippen molar-refractivity contribution < 1.29 is 22.8 Å². The average molecular weight is 517 g/mol. The van der Waals surface area contributed by atoms with Crippen LogP contribution in [0.25, 0.3) is 10.8 Å². The Kier molecular flexibility index (Phi) is 6.22. The number of hydrogen-bond donors (Lipinski definition) is 1. The Morgan fingerprint density at radius 3 is 2.30 bits per heavy atom. The first-order chi connectivity index (χ1) is 17.5. The number of nitrogens with zero attached hydrogens (tertiary/aromatic N) is 3. The third-order valence-electron chi connectivity index (χ3n) is 7.07. The number of sulfonamides is 1. The van der Waals surface area contributed by atoms with Crippen molar-refractivity contribution in [2.75, 3.05) is 4.31 Å². The maximum absolute atomic E-state index is 13.9. The molecule has 4 aromatic rings. The minimum Gasteiger partial charge on any atom is -0.508 e. The lowest BCUT2D eigenvalue weighted by Crippen LogP contribution is -2.41. The van der Waals surface area contributed by atoms with Crippen molar-refractivity contribution in [3.05, 3.63) is 84.8 Å². The molecule has 37 heavy (non-hydrogen) atoms. The summed E-state index contributed by atoms with van der Waals surface area (Å²) in [6.07, 6.45) is 2.81. The molecule has 0 spiro atoms. The molecule has 8 nitrogen and oxygen atoms in total. The molecule has 1 aromatic heterocycles. The van der Waals surface area contributed by atoms with Crippen molar-refractivity contribution in [2.45, 2.75) is 50.3 Å². The quantitative estimate of drug-likeness (QED) is 0.386. The highest BCUT2D eigenvalue weighted by atomic mass is 32.2. The zero-order valence-corrected chi connectivity index (χ0v) is 21.9. The van der Waals surface area contributed by atoms with Gasteiger partial charge in [0.15, 0.2) is 0 Å². The van der Waals surface area contributed by atoms with E-state index >= 15 is 0 Å². The van der Waals surface area contributed by atoms with Crippen LogP contribution in [0.4, 0.5) is 5.82 Å². The van der Waals surface area contributed by atoms with Crippen LogP contribution >= 0.6 is 0 Å². The summed E-state index contributed by atoms with van der Waals surface area (Å²) in [5.74, 6) is 0.349. The van der Waals surface area contributed by atoms with E-state index in [2.05, 4.69) is 9.97 Å². The molecular formula is C27H28BN3O5S. The molecule has 0 unspecified atom stereocenters. The van der Waals surface area contributed by atoms with Gasteiger partial charge in [0.1, 0.15) is 17.9 Å². The van der Waals surface area contributed by atoms with Crippen molar-refractivity contribution in [3.8, 4) is 5.75 Å². The maximum Gasteiger partial charge on any atom is 0.495 e. The van der Waals surface area contributed by atoms with Gasteiger partial charge in [0.2, 0.25) is 0 Å². The van der Waals surface area contributed by atoms with Crippen molar-refractivity contribution in [3.63, 3.8) is 0 Å². The lowest BCUT2D eigenvalue weighted by atomic mass is 9.76. The molecule has 10 heteroatoms. The van der Waals surface area contributed by atoms with Crippen LogP contribution in [-0.2, 0) is 25.9 Å². The number of fused-ring (bicyclic) bond motifs is 1. The Bertz CT molecular complexity index is 1530. The van der Waals surface area contributed by atoms with Crippen molar-refractivity contribution in [2.24, 2.45) is 0 Å². The van der Waals surface area contributed by atoms with Gasteiger partial charge in [0.05, 0.1) is 22.6 Å². The lowest BCUT2D eigenvalue weighted by molar-refractivity contribution is 0.00578. The van der Waals surface area contributed by atoms with Gasteiger partial charge in [-0.1, -0.05) is 36.4 Å². The van der Waals surface area contributed by atoms with Gasteiger partial charge in [-0.3, -0.25) is 0 Å². The van der Waals surface area contributed by atoms with Crippen LogP contribution < -0.4 is 9.77 Å². The molecule has 5 rings (SSSR count). The Morgan fingerprint density at radius 1 is 0.946 bits per heavy atom. The second-order valence-electron chi connectivity index (χ2n) is 10.1. The summed E-state index contributed by atoms with van der Waals surface area (Å²) in [6, 6.07) is 18.7. The molecule has 1 fully saturated rings. The molecule has 1 saturated heterocycles. The number of anilines is 1. The number of aromatic nitrogens is 2. The molecule has 190 valence electrons. The van der Waals surface area contributed by atoms with Gasteiger partial charge in [0, 0.05) is 12.3 Å². The standard InChI is InChI=1S/C27H28BN3O5S/c1-26(2)27(3,4)36-28(35-26)24-7-5-6-20-16-22(12-13-23(20)24)37(33,34)31(25-14-15-29-18-30-25)17-19-8-10-21(32)11-9-19/h5-16,18,32H,17H2,1-4H3. The van der Waals surface area contributed by atoms with Crippen LogP contribution in [0.5, 0.6) is 5.75 Å². The normalized spacial score (nSPS) is 16.7. The van der Waals surface area contributed by atoms with E-state index in [1.165, 1.54) is 29.0 Å². The van der Waals surface area contributed by atoms with E-state index in [9.17, 15) is 13.5 Å². The molecule has 1 N–H and O–H groups in total. The highest BCUT2D eigenvalue weighted by Crippen LogP contribution is 2.37. The molecule has 3 aromatic carbocycles. The van der Waals surface area contributed by atoms with Crippen molar-refractivity contribution >= 4 is 39.2 Å². The second kappa shape index (κ2) is 9.13. The number of hydrogen-bond acceptors (Lipinski definition) is 7. The SMILES string of the molecule is CC1(C)OB(c2cccc3cc(S(=O)(=O)N(Cc4ccc(O)cc4)c4ccncn4)ccc23)OC1(C)C. The van der Waals surface area contributed by atoms with Gasteiger partial charge in [-0.2, -0.15) is 0 Å². The minimum absolute atomic E-state index is 0.0334. The topological polar surface area (TPSA) is 102 Å². The van der Waals surface area contributed by atoms with E-state index in [4.69, 9.17) is 9.31 Å². The lowest BCUT2D eigenvalue weighted by Gasteiger charge is -2.32. The fraction of sp³-hybridized carbons (Fsp3) is 0.259. The zero-order valence-electron chi connectivity index (χ0n) is 21.1. The zero-order chi connectivity index (χ0) is 26.4. The van der Waals surface area contributed by atoms with Gasteiger partial charge in [-0.15, -0.1) is 0 Å². The van der Waals surface area contributed by atoms with Gasteiger partial charge in [0.25, 0.3) is 10.0 Å². The summed E-state index contributed by atoms with van der Waals surface area (Å²) in [7, 11) is -4.57. The maximum atomic E-state index is 13.9. The van der Waals surface area contributed by atoms with Crippen molar-refractivity contribution in [1.82, 2.24) is 9.97 Å². The summed E-state index contributed by atoms with van der Waals surface area (Å²) in [4.78, 5) is 8.24. The Hall–Kier alpha value is -3.47. The Morgan fingerprint density at radius 2 is 1.65 bits per heavy atom. The molecular weight excluding hydrogens is 489 g/mol. The third-order valence-corrected chi connectivity index (χ3v) is 8.81. The first kappa shape index (κ1) is 25.2. The largest absolute Gasteiger partial charge is 0.508 e. The smallest absolute Gasteiger partial charge is 0.495 e. The molecule has 0 aliphatic carbocycles. The number of benzene rings is 3. The highest BCUT2D eigenvalue weighted by molar-refractivity contribution is 7.92. The number of phenolic OH excluding ortho intramolecular Hbond substituents is 1. The van der Waals surface area contributed by atoms with Gasteiger partial charge in [-0.05, 0) is 73.8 Å². The molecule has 2 heterocycles. The van der Waals surface area contributed by atoms with Crippen LogP contribution in [0, 0.1) is 0 Å². The van der Waals surface area contributed by atoms with E-state index in [0.29, 0.717) is 5.56 Å². The summed E-state index contributed by atoms with van der Waals surface area (Å²) in [5.41, 5.74) is 0.561. The fourth-order valence-electron chi connectivity index (χ4n) is 4.24. The number of rotatable bonds is 6. The number of aromatic hydroxyl groups is 1. The van der Waals surface area contributed by atoms with Crippen LogP contribution in [0.2, 0.25) is 0 Å². The second-order valence-corrected chi connectivity index (χ2v) is 11.9. The van der Waals surface area contributed by atoms with Crippen LogP contribution in [0.15, 0.2) is 84.1 Å². The van der Waals surface area contributed by atoms with Gasteiger partial charge >= 0.3 is 7.12 Å². The first-order valence-electron chi connectivity index (χ1n) is 11.9. The van der Waals surface area contributed by atoms with E-state index in [-0.39, 0.29) is 23.0 Å². The molecule has 0 bridgehead atoms. The molecule has 0 saturated carbocycles. The highest BCUT2D eigenvalue weighted by Gasteiger charge is 2.52. The van der Waals surface area contributed by atoms with Crippen LogP contribution in [-0.4, -0.2) is 41.8 Å². The Labute approximate surface area is 217 Å². The van der Waals surface area contributed by atoms with Crippen LogP contribution in [0.3, 0.4) is 0 Å². The summed E-state index contributed by atoms with van der Waals surface area (Å²) in [5, 5.41) is 11.2. The monoisotopic (exact) mass is 517 g/mol. The average Bonchev–Trinajstić information content (AvgIpc) is 3.09. The predicted molar refractivity (Wildman–Crippen MR) is 143 cm³/mol. The summed E-state index contributed by atoms with van der Waals surface area (Å²) in [6.45, 7) is 8.03.